The van der Waals surface area contributed by atoms with Crippen LogP contribution in [0.2, 0.25) is 0 Å². The number of hydrogen-bond acceptors (Lipinski definition) is 3. The predicted octanol–water partition coefficient (Wildman–Crippen LogP) is 1.31. The number of hydrogen-bond donors (Lipinski definition) is 0. The van der Waals surface area contributed by atoms with E-state index in [2.05, 4.69) is 9.97 Å². The van der Waals surface area contributed by atoms with Crippen LogP contribution in [0.5, 0.6) is 0 Å². The van der Waals surface area contributed by atoms with E-state index in [-0.39, 0.29) is 5.92 Å². The average molecular weight is 162 g/mol. The first kappa shape index (κ1) is 7.40. The van der Waals surface area contributed by atoms with Gasteiger partial charge in [0, 0.05) is 18.8 Å². The summed E-state index contributed by atoms with van der Waals surface area (Å²) in [6.07, 6.45) is 5.98. The van der Waals surface area contributed by atoms with Crippen molar-refractivity contribution in [3.63, 3.8) is 0 Å². The SMILES string of the molecule is O=C1CCCC1c1ncccn1. The number of nitrogens with zero attached hydrogens (tertiary/aromatic N) is 2. The maximum atomic E-state index is 11.3. The Balaban J connectivity index is 2.25. The molecular formula is C9H10N2O. The largest absolute Gasteiger partial charge is 0.299 e. The van der Waals surface area contributed by atoms with Gasteiger partial charge in [0.2, 0.25) is 0 Å². The van der Waals surface area contributed by atoms with Crippen LogP contribution in [0.1, 0.15) is 31.0 Å². The highest BCUT2D eigenvalue weighted by Crippen LogP contribution is 2.28. The van der Waals surface area contributed by atoms with Crippen LogP contribution in [0, 0.1) is 0 Å². The maximum absolute atomic E-state index is 11.3. The summed E-state index contributed by atoms with van der Waals surface area (Å²) in [6, 6.07) is 1.77. The molecule has 1 aliphatic carbocycles. The molecule has 12 heavy (non-hydrogen) atoms. The average Bonchev–Trinajstić information content (AvgIpc) is 2.53. The molecule has 1 heterocycles. The van der Waals surface area contributed by atoms with Crippen LogP contribution >= 0.6 is 0 Å². The van der Waals surface area contributed by atoms with Gasteiger partial charge >= 0.3 is 0 Å². The summed E-state index contributed by atoms with van der Waals surface area (Å²) in [5, 5.41) is 0. The summed E-state index contributed by atoms with van der Waals surface area (Å²) in [4.78, 5) is 19.5. The van der Waals surface area contributed by atoms with E-state index in [4.69, 9.17) is 0 Å². The molecule has 0 radical (unpaired) electrons. The van der Waals surface area contributed by atoms with Gasteiger partial charge in [-0.15, -0.1) is 0 Å². The van der Waals surface area contributed by atoms with E-state index in [1.807, 2.05) is 0 Å². The summed E-state index contributed by atoms with van der Waals surface area (Å²) in [5.74, 6) is 0.965. The van der Waals surface area contributed by atoms with E-state index in [0.29, 0.717) is 18.0 Å². The van der Waals surface area contributed by atoms with Gasteiger partial charge in [0.1, 0.15) is 11.6 Å². The smallest absolute Gasteiger partial charge is 0.143 e. The van der Waals surface area contributed by atoms with Gasteiger partial charge in [-0.25, -0.2) is 9.97 Å². The van der Waals surface area contributed by atoms with E-state index < -0.39 is 0 Å². The molecule has 1 unspecified atom stereocenters. The zero-order valence-corrected chi connectivity index (χ0v) is 6.73. The van der Waals surface area contributed by atoms with E-state index in [1.165, 1.54) is 0 Å². The molecule has 0 N–H and O–H groups in total. The topological polar surface area (TPSA) is 42.9 Å². The molecule has 3 nitrogen and oxygen atoms in total. The van der Waals surface area contributed by atoms with Crippen LogP contribution in [-0.2, 0) is 4.79 Å². The monoisotopic (exact) mass is 162 g/mol. The van der Waals surface area contributed by atoms with Crippen molar-refractivity contribution in [2.24, 2.45) is 0 Å². The Morgan fingerprint density at radius 1 is 1.33 bits per heavy atom. The van der Waals surface area contributed by atoms with Crippen LogP contribution in [-0.4, -0.2) is 15.8 Å². The molecule has 1 aliphatic rings. The lowest BCUT2D eigenvalue weighted by atomic mass is 10.1. The van der Waals surface area contributed by atoms with E-state index in [0.717, 1.165) is 12.8 Å². The first-order valence-electron chi connectivity index (χ1n) is 4.17. The molecule has 62 valence electrons. The third-order valence-electron chi connectivity index (χ3n) is 2.20. The number of carbonyl (C=O) groups excluding carboxylic acids is 1. The highest BCUT2D eigenvalue weighted by atomic mass is 16.1. The third-order valence-corrected chi connectivity index (χ3v) is 2.20. The predicted molar refractivity (Wildman–Crippen MR) is 43.6 cm³/mol. The lowest BCUT2D eigenvalue weighted by molar-refractivity contribution is -0.118. The zero-order valence-electron chi connectivity index (χ0n) is 6.73. The molecule has 0 bridgehead atoms. The first-order valence-corrected chi connectivity index (χ1v) is 4.17. The molecule has 0 amide bonds. The summed E-state index contributed by atoms with van der Waals surface area (Å²) in [7, 11) is 0. The van der Waals surface area contributed by atoms with Crippen molar-refractivity contribution in [2.45, 2.75) is 25.2 Å². The second-order valence-corrected chi connectivity index (χ2v) is 3.02. The van der Waals surface area contributed by atoms with Crippen LogP contribution in [0.25, 0.3) is 0 Å². The van der Waals surface area contributed by atoms with Crippen LogP contribution < -0.4 is 0 Å². The lowest BCUT2D eigenvalue weighted by Crippen LogP contribution is -2.07. The normalized spacial score (nSPS) is 23.0. The van der Waals surface area contributed by atoms with Crippen molar-refractivity contribution in [1.29, 1.82) is 0 Å². The summed E-state index contributed by atoms with van der Waals surface area (Å²) >= 11 is 0. The number of Topliss-reactive ketones (excluding diaryl/α,β-unsaturated/α-hetero) is 1. The molecule has 0 spiro atoms. The molecule has 1 fully saturated rings. The molecule has 1 aromatic rings. The van der Waals surface area contributed by atoms with E-state index in [9.17, 15) is 4.79 Å². The van der Waals surface area contributed by atoms with Crippen molar-refractivity contribution >= 4 is 5.78 Å². The standard InChI is InChI=1S/C9H10N2O/c12-8-4-1-3-7(8)9-10-5-2-6-11-9/h2,5-7H,1,3-4H2. The van der Waals surface area contributed by atoms with Gasteiger partial charge in [-0.05, 0) is 18.9 Å². The Bertz CT molecular complexity index is 284. The van der Waals surface area contributed by atoms with Crippen molar-refractivity contribution in [3.05, 3.63) is 24.3 Å². The van der Waals surface area contributed by atoms with Gasteiger partial charge in [0.05, 0.1) is 5.92 Å². The Hall–Kier alpha value is -1.25. The van der Waals surface area contributed by atoms with Crippen LogP contribution in [0.3, 0.4) is 0 Å². The quantitative estimate of drug-likeness (QED) is 0.625. The molecular weight excluding hydrogens is 152 g/mol. The van der Waals surface area contributed by atoms with Crippen molar-refractivity contribution in [2.75, 3.05) is 0 Å². The fourth-order valence-corrected chi connectivity index (χ4v) is 1.58. The van der Waals surface area contributed by atoms with Crippen molar-refractivity contribution in [3.8, 4) is 0 Å². The Kier molecular flexibility index (Phi) is 1.86. The molecule has 2 rings (SSSR count). The number of rotatable bonds is 1. The van der Waals surface area contributed by atoms with Crippen molar-refractivity contribution in [1.82, 2.24) is 9.97 Å². The minimum Gasteiger partial charge on any atom is -0.299 e. The minimum atomic E-state index is -0.0220. The van der Waals surface area contributed by atoms with Gasteiger partial charge in [-0.2, -0.15) is 0 Å². The molecule has 3 heteroatoms. The van der Waals surface area contributed by atoms with Gasteiger partial charge in [-0.1, -0.05) is 0 Å². The van der Waals surface area contributed by atoms with Gasteiger partial charge < -0.3 is 0 Å². The maximum Gasteiger partial charge on any atom is 0.143 e. The lowest BCUT2D eigenvalue weighted by Gasteiger charge is -2.03. The van der Waals surface area contributed by atoms with E-state index in [1.54, 1.807) is 18.5 Å². The fourth-order valence-electron chi connectivity index (χ4n) is 1.58. The first-order chi connectivity index (χ1) is 5.88. The molecule has 0 aliphatic heterocycles. The highest BCUT2D eigenvalue weighted by Gasteiger charge is 2.27. The molecule has 1 atom stereocenters. The Morgan fingerprint density at radius 2 is 2.08 bits per heavy atom. The molecule has 1 aromatic heterocycles. The van der Waals surface area contributed by atoms with E-state index >= 15 is 0 Å². The third kappa shape index (κ3) is 1.22. The summed E-state index contributed by atoms with van der Waals surface area (Å²) in [6.45, 7) is 0. The second-order valence-electron chi connectivity index (χ2n) is 3.02. The molecule has 0 aromatic carbocycles. The van der Waals surface area contributed by atoms with Crippen LogP contribution in [0.15, 0.2) is 18.5 Å². The summed E-state index contributed by atoms with van der Waals surface area (Å²) < 4.78 is 0. The number of ketones is 1. The Morgan fingerprint density at radius 3 is 2.67 bits per heavy atom. The zero-order chi connectivity index (χ0) is 8.39. The van der Waals surface area contributed by atoms with Gasteiger partial charge in [0.15, 0.2) is 0 Å². The van der Waals surface area contributed by atoms with Gasteiger partial charge in [0.25, 0.3) is 0 Å². The number of carbonyl (C=O) groups is 1. The molecule has 1 saturated carbocycles. The fraction of sp³-hybridized carbons (Fsp3) is 0.444. The molecule has 0 saturated heterocycles. The number of aromatic nitrogens is 2. The van der Waals surface area contributed by atoms with Crippen LogP contribution in [0.4, 0.5) is 0 Å². The Labute approximate surface area is 70.9 Å². The second kappa shape index (κ2) is 3.01. The minimum absolute atomic E-state index is 0.0220. The highest BCUT2D eigenvalue weighted by molar-refractivity contribution is 5.86. The van der Waals surface area contributed by atoms with Crippen molar-refractivity contribution < 1.29 is 4.79 Å². The summed E-state index contributed by atoms with van der Waals surface area (Å²) in [5.41, 5.74) is 0. The van der Waals surface area contributed by atoms with Gasteiger partial charge in [-0.3, -0.25) is 4.79 Å².